The van der Waals surface area contributed by atoms with E-state index in [2.05, 4.69) is 21.3 Å². The van der Waals surface area contributed by atoms with Gasteiger partial charge in [0.2, 0.25) is 23.6 Å². The standard InChI is InChI=1S/C18H31N5O7/c1-8(2)13(16(27)21-11(18(29)30)7-12(19)25)22-17(28)14(9(3)24)23-15(26)10-5-4-6-20-10/h8-11,13-14,20,24H,4-7H2,1-3H3,(H2,19,25)(H,21,27)(H,22,28)(H,23,26)(H,29,30). The average molecular weight is 429 g/mol. The molecule has 0 aromatic carbocycles. The summed E-state index contributed by atoms with van der Waals surface area (Å²) in [5, 5.41) is 29.2. The van der Waals surface area contributed by atoms with Crippen molar-refractivity contribution in [3.8, 4) is 0 Å². The van der Waals surface area contributed by atoms with Crippen molar-refractivity contribution in [3.63, 3.8) is 0 Å². The number of hydrogen-bond acceptors (Lipinski definition) is 7. The third-order valence-corrected chi connectivity index (χ3v) is 4.71. The molecule has 12 heteroatoms. The minimum absolute atomic E-state index is 0.438. The number of carboxylic acid groups (broad SMARTS) is 1. The molecule has 8 N–H and O–H groups in total. The Bertz CT molecular complexity index is 661. The minimum Gasteiger partial charge on any atom is -0.480 e. The Morgan fingerprint density at radius 3 is 2.07 bits per heavy atom. The van der Waals surface area contributed by atoms with Gasteiger partial charge in [0.15, 0.2) is 0 Å². The van der Waals surface area contributed by atoms with E-state index in [0.29, 0.717) is 13.0 Å². The van der Waals surface area contributed by atoms with Gasteiger partial charge in [-0.25, -0.2) is 4.79 Å². The summed E-state index contributed by atoms with van der Waals surface area (Å²) in [6, 6.07) is -4.49. The van der Waals surface area contributed by atoms with Crippen LogP contribution in [0.5, 0.6) is 0 Å². The van der Waals surface area contributed by atoms with Crippen LogP contribution in [0.4, 0.5) is 0 Å². The second-order valence-electron chi connectivity index (χ2n) is 7.68. The number of carboxylic acids is 1. The summed E-state index contributed by atoms with van der Waals surface area (Å²) in [5.41, 5.74) is 5.00. The Balaban J connectivity index is 2.85. The molecule has 30 heavy (non-hydrogen) atoms. The number of carbonyl (C=O) groups is 5. The maximum absolute atomic E-state index is 12.7. The van der Waals surface area contributed by atoms with Crippen molar-refractivity contribution in [2.45, 2.75) is 70.3 Å². The highest BCUT2D eigenvalue weighted by molar-refractivity contribution is 5.95. The van der Waals surface area contributed by atoms with E-state index in [0.717, 1.165) is 6.42 Å². The normalized spacial score (nSPS) is 20.0. The monoisotopic (exact) mass is 429 g/mol. The van der Waals surface area contributed by atoms with Gasteiger partial charge < -0.3 is 37.2 Å². The Hall–Kier alpha value is -2.73. The van der Waals surface area contributed by atoms with Gasteiger partial charge in [0.1, 0.15) is 18.1 Å². The zero-order valence-corrected chi connectivity index (χ0v) is 17.3. The van der Waals surface area contributed by atoms with Gasteiger partial charge in [-0.15, -0.1) is 0 Å². The molecule has 0 saturated carbocycles. The minimum atomic E-state index is -1.55. The summed E-state index contributed by atoms with van der Waals surface area (Å²) in [5.74, 6) is -4.89. The largest absolute Gasteiger partial charge is 0.480 e. The number of aliphatic hydroxyl groups is 1. The Labute approximate surface area is 174 Å². The number of aliphatic carboxylic acids is 1. The van der Waals surface area contributed by atoms with E-state index in [4.69, 9.17) is 10.8 Å². The lowest BCUT2D eigenvalue weighted by atomic mass is 10.0. The number of rotatable bonds is 11. The van der Waals surface area contributed by atoms with Crippen LogP contribution in [0.15, 0.2) is 0 Å². The van der Waals surface area contributed by atoms with Crippen molar-refractivity contribution in [2.24, 2.45) is 11.7 Å². The fourth-order valence-corrected chi connectivity index (χ4v) is 3.01. The zero-order chi connectivity index (χ0) is 23.0. The number of nitrogens with one attached hydrogen (secondary N) is 4. The molecule has 1 aliphatic heterocycles. The molecule has 0 aromatic heterocycles. The molecule has 1 heterocycles. The van der Waals surface area contributed by atoms with Gasteiger partial charge in [-0.1, -0.05) is 13.8 Å². The van der Waals surface area contributed by atoms with Gasteiger partial charge in [0.05, 0.1) is 18.6 Å². The molecule has 1 aliphatic rings. The van der Waals surface area contributed by atoms with Crippen molar-refractivity contribution in [1.82, 2.24) is 21.3 Å². The molecular weight excluding hydrogens is 398 g/mol. The molecule has 0 radical (unpaired) electrons. The molecule has 1 fully saturated rings. The predicted octanol–water partition coefficient (Wildman–Crippen LogP) is -2.81. The highest BCUT2D eigenvalue weighted by Gasteiger charge is 2.34. The van der Waals surface area contributed by atoms with Crippen molar-refractivity contribution in [2.75, 3.05) is 6.54 Å². The highest BCUT2D eigenvalue weighted by Crippen LogP contribution is 2.08. The van der Waals surface area contributed by atoms with E-state index < -0.39 is 72.2 Å². The maximum atomic E-state index is 12.7. The summed E-state index contributed by atoms with van der Waals surface area (Å²) < 4.78 is 0. The van der Waals surface area contributed by atoms with Gasteiger partial charge in [-0.3, -0.25) is 19.2 Å². The van der Waals surface area contributed by atoms with Crippen molar-refractivity contribution in [1.29, 1.82) is 0 Å². The molecule has 5 atom stereocenters. The Morgan fingerprint density at radius 2 is 1.63 bits per heavy atom. The summed E-state index contributed by atoms with van der Waals surface area (Å²) in [7, 11) is 0. The van der Waals surface area contributed by atoms with Crippen LogP contribution < -0.4 is 27.0 Å². The maximum Gasteiger partial charge on any atom is 0.326 e. The van der Waals surface area contributed by atoms with Crippen LogP contribution in [0.25, 0.3) is 0 Å². The number of nitrogens with two attached hydrogens (primary N) is 1. The van der Waals surface area contributed by atoms with Crippen LogP contribution in [0, 0.1) is 5.92 Å². The zero-order valence-electron chi connectivity index (χ0n) is 17.3. The van der Waals surface area contributed by atoms with Gasteiger partial charge in [0.25, 0.3) is 0 Å². The molecule has 5 unspecified atom stereocenters. The SMILES string of the molecule is CC(C)C(NC(=O)C(NC(=O)C1CCCN1)C(C)O)C(=O)NC(CC(N)=O)C(=O)O. The number of carbonyl (C=O) groups excluding carboxylic acids is 4. The fourth-order valence-electron chi connectivity index (χ4n) is 3.01. The van der Waals surface area contributed by atoms with E-state index in [1.54, 1.807) is 13.8 Å². The third-order valence-electron chi connectivity index (χ3n) is 4.71. The van der Waals surface area contributed by atoms with Crippen LogP contribution >= 0.6 is 0 Å². The molecule has 0 spiro atoms. The first-order valence-corrected chi connectivity index (χ1v) is 9.77. The fraction of sp³-hybridized carbons (Fsp3) is 0.722. The quantitative estimate of drug-likeness (QED) is 0.182. The van der Waals surface area contributed by atoms with Crippen molar-refractivity contribution < 1.29 is 34.2 Å². The summed E-state index contributed by atoms with van der Waals surface area (Å²) in [6.45, 7) is 5.24. The smallest absolute Gasteiger partial charge is 0.326 e. The second-order valence-corrected chi connectivity index (χ2v) is 7.68. The molecule has 4 amide bonds. The lowest BCUT2D eigenvalue weighted by Gasteiger charge is -2.28. The van der Waals surface area contributed by atoms with Crippen LogP contribution in [0.2, 0.25) is 0 Å². The molecular formula is C18H31N5O7. The summed E-state index contributed by atoms with van der Waals surface area (Å²) >= 11 is 0. The lowest BCUT2D eigenvalue weighted by molar-refractivity contribution is -0.144. The van der Waals surface area contributed by atoms with Gasteiger partial charge in [0, 0.05) is 0 Å². The first-order valence-electron chi connectivity index (χ1n) is 9.77. The predicted molar refractivity (Wildman–Crippen MR) is 105 cm³/mol. The highest BCUT2D eigenvalue weighted by atomic mass is 16.4. The lowest BCUT2D eigenvalue weighted by Crippen LogP contribution is -2.60. The van der Waals surface area contributed by atoms with E-state index in [9.17, 15) is 29.1 Å². The topological polar surface area (TPSA) is 200 Å². The van der Waals surface area contributed by atoms with Crippen molar-refractivity contribution >= 4 is 29.6 Å². The molecule has 0 aliphatic carbocycles. The van der Waals surface area contributed by atoms with E-state index in [-0.39, 0.29) is 0 Å². The molecule has 170 valence electrons. The summed E-state index contributed by atoms with van der Waals surface area (Å²) in [4.78, 5) is 59.8. The molecule has 12 nitrogen and oxygen atoms in total. The van der Waals surface area contributed by atoms with E-state index >= 15 is 0 Å². The Kier molecular flexibility index (Phi) is 9.66. The van der Waals surface area contributed by atoms with Crippen LogP contribution in [-0.4, -0.2) is 76.6 Å². The van der Waals surface area contributed by atoms with Gasteiger partial charge >= 0.3 is 5.97 Å². The number of primary amides is 1. The molecule has 1 rings (SSSR count). The molecule has 1 saturated heterocycles. The second kappa shape index (κ2) is 11.5. The van der Waals surface area contributed by atoms with E-state index in [1.807, 2.05) is 0 Å². The third kappa shape index (κ3) is 7.59. The molecule has 0 bridgehead atoms. The van der Waals surface area contributed by atoms with Gasteiger partial charge in [-0.2, -0.15) is 0 Å². The number of hydrogen-bond donors (Lipinski definition) is 7. The number of amides is 4. The van der Waals surface area contributed by atoms with Crippen LogP contribution in [0.1, 0.15) is 40.0 Å². The first kappa shape index (κ1) is 25.3. The van der Waals surface area contributed by atoms with Crippen LogP contribution in [-0.2, 0) is 24.0 Å². The Morgan fingerprint density at radius 1 is 1.03 bits per heavy atom. The summed E-state index contributed by atoms with van der Waals surface area (Å²) in [6.07, 6.45) is -0.434. The van der Waals surface area contributed by atoms with Crippen molar-refractivity contribution in [3.05, 3.63) is 0 Å². The van der Waals surface area contributed by atoms with Gasteiger partial charge in [-0.05, 0) is 32.2 Å². The van der Waals surface area contributed by atoms with E-state index in [1.165, 1.54) is 6.92 Å². The van der Waals surface area contributed by atoms with Crippen LogP contribution in [0.3, 0.4) is 0 Å². The molecule has 0 aromatic rings. The average Bonchev–Trinajstić information content (AvgIpc) is 3.16. The first-order chi connectivity index (χ1) is 13.9. The number of aliphatic hydroxyl groups excluding tert-OH is 1.